The maximum absolute atomic E-state index is 13.6. The van der Waals surface area contributed by atoms with E-state index in [2.05, 4.69) is 66.1 Å². The third-order valence-corrected chi connectivity index (χ3v) is 9.77. The number of aromatic amines is 1. The molecule has 2 saturated carbocycles. The van der Waals surface area contributed by atoms with Crippen molar-refractivity contribution < 1.29 is 4.79 Å². The van der Waals surface area contributed by atoms with Gasteiger partial charge in [0.1, 0.15) is 0 Å². The average molecular weight is 535 g/mol. The summed E-state index contributed by atoms with van der Waals surface area (Å²) in [6.45, 7) is 11.0. The van der Waals surface area contributed by atoms with Crippen molar-refractivity contribution in [2.45, 2.75) is 89.9 Å². The van der Waals surface area contributed by atoms with Crippen LogP contribution in [-0.4, -0.2) is 33.8 Å². The number of nitrogens with zero attached hydrogens (tertiary/aromatic N) is 1. The molecule has 6 nitrogen and oxygen atoms in total. The molecule has 0 bridgehead atoms. The Hall–Kier alpha value is -2.51. The molecule has 1 amide bonds. The van der Waals surface area contributed by atoms with Gasteiger partial charge in [0.25, 0.3) is 11.5 Å². The van der Waals surface area contributed by atoms with Gasteiger partial charge in [-0.1, -0.05) is 32.0 Å². The number of hydrogen-bond donors (Lipinski definition) is 3. The van der Waals surface area contributed by atoms with Gasteiger partial charge in [-0.15, -0.1) is 11.8 Å². The second kappa shape index (κ2) is 10.9. The van der Waals surface area contributed by atoms with Gasteiger partial charge >= 0.3 is 0 Å². The number of rotatable bonds is 8. The zero-order valence-corrected chi connectivity index (χ0v) is 24.4. The first kappa shape index (κ1) is 27.1. The van der Waals surface area contributed by atoms with Crippen LogP contribution in [0.15, 0.2) is 40.0 Å². The number of hydrogen-bond acceptors (Lipinski definition) is 4. The Kier molecular flexibility index (Phi) is 7.79. The van der Waals surface area contributed by atoms with Gasteiger partial charge in [0.15, 0.2) is 0 Å². The first-order valence-corrected chi connectivity index (χ1v) is 15.3. The Labute approximate surface area is 230 Å². The molecule has 2 aliphatic carbocycles. The highest BCUT2D eigenvalue weighted by molar-refractivity contribution is 7.98. The lowest BCUT2D eigenvalue weighted by atomic mass is 9.94. The number of amides is 1. The van der Waals surface area contributed by atoms with Crippen LogP contribution in [0.4, 0.5) is 0 Å². The molecule has 2 aromatic heterocycles. The molecule has 2 aliphatic rings. The van der Waals surface area contributed by atoms with Gasteiger partial charge in [0.05, 0.1) is 5.56 Å². The molecule has 3 aromatic rings. The number of carbonyl (C=O) groups excluding carboxylic acids is 1. The molecule has 2 heterocycles. The van der Waals surface area contributed by atoms with Crippen LogP contribution in [0.5, 0.6) is 0 Å². The molecule has 38 heavy (non-hydrogen) atoms. The highest BCUT2D eigenvalue weighted by Gasteiger charge is 2.43. The molecule has 0 aliphatic heterocycles. The van der Waals surface area contributed by atoms with E-state index < -0.39 is 0 Å². The van der Waals surface area contributed by atoms with Gasteiger partial charge in [-0.05, 0) is 82.6 Å². The van der Waals surface area contributed by atoms with Crippen LogP contribution in [0.2, 0.25) is 0 Å². The molecule has 5 rings (SSSR count). The first-order chi connectivity index (χ1) is 18.2. The fraction of sp³-hybridized carbons (Fsp3) is 0.548. The predicted molar refractivity (Wildman–Crippen MR) is 157 cm³/mol. The second-order valence-electron chi connectivity index (χ2n) is 11.8. The van der Waals surface area contributed by atoms with Crippen molar-refractivity contribution >= 4 is 28.6 Å². The third kappa shape index (κ3) is 5.07. The fourth-order valence-corrected chi connectivity index (χ4v) is 8.08. The molecule has 0 radical (unpaired) electrons. The van der Waals surface area contributed by atoms with Crippen molar-refractivity contribution in [1.29, 1.82) is 0 Å². The lowest BCUT2D eigenvalue weighted by molar-refractivity contribution is 0.0951. The quantitative estimate of drug-likeness (QED) is 0.312. The number of nitrogens with one attached hydrogen (secondary N) is 3. The topological polar surface area (TPSA) is 78.9 Å². The van der Waals surface area contributed by atoms with Crippen molar-refractivity contribution in [3.8, 4) is 0 Å². The minimum absolute atomic E-state index is 0.123. The molecule has 204 valence electrons. The number of aromatic nitrogens is 2. The molecule has 1 aromatic carbocycles. The van der Waals surface area contributed by atoms with Crippen molar-refractivity contribution in [1.82, 2.24) is 20.2 Å². The summed E-state index contributed by atoms with van der Waals surface area (Å²) in [6, 6.07) is 11.8. The molecule has 2 fully saturated rings. The first-order valence-electron chi connectivity index (χ1n) is 14.1. The van der Waals surface area contributed by atoms with Crippen LogP contribution in [0.3, 0.4) is 0 Å². The molecule has 3 N–H and O–H groups in total. The predicted octanol–water partition coefficient (Wildman–Crippen LogP) is 5.96. The SMILES string of the molecule is CSc1cc(C)[nH]c(=O)c1CNC(=O)c1c(C)n([C@H](C)C2CC3CC(NC(C)C)CC3C2)c2ccccc12. The van der Waals surface area contributed by atoms with Crippen LogP contribution in [0.25, 0.3) is 10.9 Å². The second-order valence-corrected chi connectivity index (χ2v) is 12.7. The third-order valence-electron chi connectivity index (χ3n) is 8.97. The standard InChI is InChI=1S/C31H42N4O2S/c1-17(2)33-24-14-22-12-21(13-23(22)15-24)19(4)35-20(5)29(25-9-7-8-10-27(25)35)31(37)32-16-26-28(38-6)11-18(3)34-30(26)36/h7-11,17,19,21-24,33H,12-16H2,1-6H3,(H,32,37)(H,34,36)/t19-,21?,22?,23?,24?/m1/s1. The number of benzene rings is 1. The maximum atomic E-state index is 13.6. The maximum Gasteiger partial charge on any atom is 0.254 e. The van der Waals surface area contributed by atoms with Gasteiger partial charge in [-0.2, -0.15) is 0 Å². The van der Waals surface area contributed by atoms with Gasteiger partial charge in [-0.25, -0.2) is 0 Å². The number of pyridine rings is 1. The number of carbonyl (C=O) groups is 1. The minimum Gasteiger partial charge on any atom is -0.348 e. The summed E-state index contributed by atoms with van der Waals surface area (Å²) in [6.07, 6.45) is 7.08. The Morgan fingerprint density at radius 1 is 1.11 bits per heavy atom. The largest absolute Gasteiger partial charge is 0.348 e. The molecule has 7 heteroatoms. The zero-order chi connectivity index (χ0) is 27.1. The summed E-state index contributed by atoms with van der Waals surface area (Å²) in [7, 11) is 0. The van der Waals surface area contributed by atoms with Gasteiger partial charge in [0.2, 0.25) is 0 Å². The molecule has 2 unspecified atom stereocenters. The number of fused-ring (bicyclic) bond motifs is 2. The van der Waals surface area contributed by atoms with E-state index in [1.165, 1.54) is 37.4 Å². The van der Waals surface area contributed by atoms with Crippen LogP contribution in [0.1, 0.15) is 79.8 Å². The molecular formula is C31H42N4O2S. The molecule has 3 atom stereocenters. The smallest absolute Gasteiger partial charge is 0.254 e. The van der Waals surface area contributed by atoms with Crippen LogP contribution in [-0.2, 0) is 6.54 Å². The lowest BCUT2D eigenvalue weighted by Crippen LogP contribution is -2.33. The number of thioether (sulfide) groups is 1. The van der Waals surface area contributed by atoms with E-state index in [-0.39, 0.29) is 18.0 Å². The summed E-state index contributed by atoms with van der Waals surface area (Å²) < 4.78 is 2.41. The van der Waals surface area contributed by atoms with E-state index in [1.54, 1.807) is 0 Å². The highest BCUT2D eigenvalue weighted by atomic mass is 32.2. The number of para-hydroxylation sites is 1. The average Bonchev–Trinajstić information content (AvgIpc) is 3.51. The van der Waals surface area contributed by atoms with E-state index in [0.29, 0.717) is 29.6 Å². The monoisotopic (exact) mass is 534 g/mol. The highest BCUT2D eigenvalue weighted by Crippen LogP contribution is 2.51. The summed E-state index contributed by atoms with van der Waals surface area (Å²) in [4.78, 5) is 30.0. The Morgan fingerprint density at radius 3 is 2.45 bits per heavy atom. The summed E-state index contributed by atoms with van der Waals surface area (Å²) in [5.74, 6) is 2.11. The van der Waals surface area contributed by atoms with Gasteiger partial charge in [0, 0.05) is 57.4 Å². The fourth-order valence-electron chi connectivity index (χ4n) is 7.37. The van der Waals surface area contributed by atoms with Crippen molar-refractivity contribution in [2.24, 2.45) is 17.8 Å². The Balaban J connectivity index is 1.38. The summed E-state index contributed by atoms with van der Waals surface area (Å²) in [5.41, 5.74) is 4.15. The van der Waals surface area contributed by atoms with Gasteiger partial charge in [-0.3, -0.25) is 9.59 Å². The molecule has 0 spiro atoms. The van der Waals surface area contributed by atoms with Crippen molar-refractivity contribution in [3.05, 3.63) is 63.2 Å². The van der Waals surface area contributed by atoms with Crippen molar-refractivity contribution in [3.63, 3.8) is 0 Å². The molecular weight excluding hydrogens is 492 g/mol. The van der Waals surface area contributed by atoms with E-state index in [0.717, 1.165) is 44.6 Å². The van der Waals surface area contributed by atoms with Crippen molar-refractivity contribution in [2.75, 3.05) is 6.26 Å². The van der Waals surface area contributed by atoms with Crippen LogP contribution < -0.4 is 16.2 Å². The number of H-pyrrole nitrogens is 1. The van der Waals surface area contributed by atoms with Crippen LogP contribution >= 0.6 is 11.8 Å². The zero-order valence-electron chi connectivity index (χ0n) is 23.6. The normalized spacial score (nSPS) is 23.8. The summed E-state index contributed by atoms with van der Waals surface area (Å²) in [5, 5.41) is 7.81. The number of aryl methyl sites for hydroxylation is 1. The lowest BCUT2D eigenvalue weighted by Gasteiger charge is -2.26. The minimum atomic E-state index is -0.139. The van der Waals surface area contributed by atoms with Crippen LogP contribution in [0, 0.1) is 31.6 Å². The van der Waals surface area contributed by atoms with E-state index in [9.17, 15) is 9.59 Å². The summed E-state index contributed by atoms with van der Waals surface area (Å²) >= 11 is 1.53. The van der Waals surface area contributed by atoms with E-state index in [4.69, 9.17) is 0 Å². The van der Waals surface area contributed by atoms with E-state index >= 15 is 0 Å². The Bertz CT molecular complexity index is 1380. The van der Waals surface area contributed by atoms with E-state index in [1.807, 2.05) is 25.3 Å². The van der Waals surface area contributed by atoms with Gasteiger partial charge < -0.3 is 20.2 Å². The Morgan fingerprint density at radius 2 is 1.79 bits per heavy atom. The molecule has 0 saturated heterocycles.